The number of nitrogens with zero attached hydrogens (tertiary/aromatic N) is 1. The van der Waals surface area contributed by atoms with Crippen LogP contribution in [0, 0.1) is 11.6 Å². The van der Waals surface area contributed by atoms with Gasteiger partial charge in [-0.1, -0.05) is 6.07 Å². The van der Waals surface area contributed by atoms with Gasteiger partial charge in [0.25, 0.3) is 0 Å². The van der Waals surface area contributed by atoms with Gasteiger partial charge in [-0.25, -0.2) is 8.78 Å². The van der Waals surface area contributed by atoms with Crippen LogP contribution in [0.25, 0.3) is 0 Å². The Morgan fingerprint density at radius 1 is 1.20 bits per heavy atom. The number of halogens is 2. The second-order valence-corrected chi connectivity index (χ2v) is 5.13. The average Bonchev–Trinajstić information content (AvgIpc) is 2.96. The Hall–Kier alpha value is -1.95. The molecule has 6 heteroatoms. The fraction of sp³-hybridized carbons (Fsp3) is 0.214. The molecule has 0 aliphatic carbocycles. The quantitative estimate of drug-likeness (QED) is 0.672. The standard InChI is InChI=1S/C14H15F2N3S/c1-17-14(19-9-12-3-2-6-20-12)18-8-10-7-11(15)4-5-13(10)16/h2-7H,8-9H2,1H3,(H2,17,18,19). The lowest BCUT2D eigenvalue weighted by Gasteiger charge is -2.11. The van der Waals surface area contributed by atoms with E-state index in [-0.39, 0.29) is 12.1 Å². The second-order valence-electron chi connectivity index (χ2n) is 4.09. The minimum absolute atomic E-state index is 0.174. The van der Waals surface area contributed by atoms with Crippen molar-refractivity contribution < 1.29 is 8.78 Å². The number of nitrogens with one attached hydrogen (secondary N) is 2. The molecule has 0 unspecified atom stereocenters. The van der Waals surface area contributed by atoms with Gasteiger partial charge in [0.05, 0.1) is 6.54 Å². The molecule has 0 radical (unpaired) electrons. The summed E-state index contributed by atoms with van der Waals surface area (Å²) in [6.07, 6.45) is 0. The molecule has 0 saturated carbocycles. The van der Waals surface area contributed by atoms with Crippen molar-refractivity contribution in [3.8, 4) is 0 Å². The first-order valence-corrected chi connectivity index (χ1v) is 6.98. The Balaban J connectivity index is 1.89. The molecule has 0 amide bonds. The van der Waals surface area contributed by atoms with Crippen LogP contribution in [0.1, 0.15) is 10.4 Å². The van der Waals surface area contributed by atoms with Crippen molar-refractivity contribution in [1.29, 1.82) is 0 Å². The summed E-state index contributed by atoms with van der Waals surface area (Å²) in [6, 6.07) is 7.38. The van der Waals surface area contributed by atoms with E-state index in [1.807, 2.05) is 17.5 Å². The smallest absolute Gasteiger partial charge is 0.191 e. The predicted molar refractivity (Wildman–Crippen MR) is 77.7 cm³/mol. The van der Waals surface area contributed by atoms with Crippen molar-refractivity contribution in [3.63, 3.8) is 0 Å². The molecular formula is C14H15F2N3S. The molecule has 20 heavy (non-hydrogen) atoms. The molecule has 106 valence electrons. The molecule has 0 fully saturated rings. The number of thiophene rings is 1. The molecule has 0 spiro atoms. The largest absolute Gasteiger partial charge is 0.352 e. The lowest BCUT2D eigenvalue weighted by Crippen LogP contribution is -2.36. The summed E-state index contributed by atoms with van der Waals surface area (Å²) in [5, 5.41) is 8.06. The molecule has 2 rings (SSSR count). The predicted octanol–water partition coefficient (Wildman–Crippen LogP) is 2.89. The van der Waals surface area contributed by atoms with Crippen molar-refractivity contribution in [2.45, 2.75) is 13.1 Å². The Bertz CT molecular complexity index is 582. The topological polar surface area (TPSA) is 36.4 Å². The summed E-state index contributed by atoms with van der Waals surface area (Å²) in [6.45, 7) is 0.816. The number of benzene rings is 1. The zero-order valence-electron chi connectivity index (χ0n) is 11.0. The molecule has 0 aliphatic heterocycles. The van der Waals surface area contributed by atoms with Crippen LogP contribution >= 0.6 is 11.3 Å². The van der Waals surface area contributed by atoms with E-state index in [0.717, 1.165) is 12.1 Å². The molecule has 1 heterocycles. The third-order valence-corrected chi connectivity index (χ3v) is 3.56. The maximum Gasteiger partial charge on any atom is 0.191 e. The highest BCUT2D eigenvalue weighted by molar-refractivity contribution is 7.09. The van der Waals surface area contributed by atoms with Crippen LogP contribution < -0.4 is 10.6 Å². The number of hydrogen-bond donors (Lipinski definition) is 2. The zero-order chi connectivity index (χ0) is 14.4. The first kappa shape index (κ1) is 14.5. The van der Waals surface area contributed by atoms with Gasteiger partial charge < -0.3 is 10.6 Å². The van der Waals surface area contributed by atoms with Crippen LogP contribution in [0.5, 0.6) is 0 Å². The number of rotatable bonds is 4. The number of hydrogen-bond acceptors (Lipinski definition) is 2. The molecular weight excluding hydrogens is 280 g/mol. The van der Waals surface area contributed by atoms with E-state index < -0.39 is 11.6 Å². The SMILES string of the molecule is CN=C(NCc1cccs1)NCc1cc(F)ccc1F. The van der Waals surface area contributed by atoms with Gasteiger partial charge in [0.2, 0.25) is 0 Å². The Morgan fingerprint density at radius 3 is 2.70 bits per heavy atom. The maximum atomic E-state index is 13.5. The Morgan fingerprint density at radius 2 is 2.00 bits per heavy atom. The maximum absolute atomic E-state index is 13.5. The monoisotopic (exact) mass is 295 g/mol. The van der Waals surface area contributed by atoms with E-state index in [4.69, 9.17) is 0 Å². The first-order chi connectivity index (χ1) is 9.69. The highest BCUT2D eigenvalue weighted by Crippen LogP contribution is 2.09. The van der Waals surface area contributed by atoms with E-state index in [1.165, 1.54) is 10.9 Å². The van der Waals surface area contributed by atoms with E-state index in [1.54, 1.807) is 18.4 Å². The highest BCUT2D eigenvalue weighted by atomic mass is 32.1. The van der Waals surface area contributed by atoms with Crippen LogP contribution in [-0.4, -0.2) is 13.0 Å². The van der Waals surface area contributed by atoms with Crippen molar-refractivity contribution in [2.75, 3.05) is 7.05 Å². The molecule has 0 aliphatic rings. The van der Waals surface area contributed by atoms with Gasteiger partial charge in [-0.15, -0.1) is 11.3 Å². The van der Waals surface area contributed by atoms with E-state index in [0.29, 0.717) is 12.5 Å². The van der Waals surface area contributed by atoms with Gasteiger partial charge in [-0.3, -0.25) is 4.99 Å². The fourth-order valence-corrected chi connectivity index (χ4v) is 2.31. The van der Waals surface area contributed by atoms with Gasteiger partial charge in [0.1, 0.15) is 11.6 Å². The van der Waals surface area contributed by atoms with Crippen molar-refractivity contribution in [3.05, 3.63) is 57.8 Å². The Kier molecular flexibility index (Phi) is 5.06. The molecule has 0 bridgehead atoms. The molecule has 3 nitrogen and oxygen atoms in total. The minimum Gasteiger partial charge on any atom is -0.352 e. The van der Waals surface area contributed by atoms with Crippen LogP contribution in [0.3, 0.4) is 0 Å². The van der Waals surface area contributed by atoms with Crippen molar-refractivity contribution >= 4 is 17.3 Å². The fourth-order valence-electron chi connectivity index (χ4n) is 1.66. The number of aliphatic imine (C=N–C) groups is 1. The molecule has 2 N–H and O–H groups in total. The van der Waals surface area contributed by atoms with Gasteiger partial charge in [-0.2, -0.15) is 0 Å². The summed E-state index contributed by atoms with van der Waals surface area (Å²) >= 11 is 1.64. The Labute approximate surface area is 120 Å². The summed E-state index contributed by atoms with van der Waals surface area (Å²) < 4.78 is 26.5. The lowest BCUT2D eigenvalue weighted by atomic mass is 10.2. The highest BCUT2D eigenvalue weighted by Gasteiger charge is 2.05. The van der Waals surface area contributed by atoms with E-state index in [9.17, 15) is 8.78 Å². The molecule has 0 saturated heterocycles. The van der Waals surface area contributed by atoms with Crippen LogP contribution in [-0.2, 0) is 13.1 Å². The summed E-state index contributed by atoms with van der Waals surface area (Å²) in [7, 11) is 1.63. The normalized spacial score (nSPS) is 11.4. The van der Waals surface area contributed by atoms with Crippen molar-refractivity contribution in [2.24, 2.45) is 4.99 Å². The zero-order valence-corrected chi connectivity index (χ0v) is 11.8. The average molecular weight is 295 g/mol. The van der Waals surface area contributed by atoms with Crippen LogP contribution in [0.2, 0.25) is 0 Å². The van der Waals surface area contributed by atoms with Crippen LogP contribution in [0.4, 0.5) is 8.78 Å². The van der Waals surface area contributed by atoms with E-state index in [2.05, 4.69) is 15.6 Å². The number of guanidine groups is 1. The second kappa shape index (κ2) is 7.00. The van der Waals surface area contributed by atoms with Gasteiger partial charge >= 0.3 is 0 Å². The van der Waals surface area contributed by atoms with Gasteiger partial charge in [-0.05, 0) is 29.6 Å². The molecule has 1 aromatic carbocycles. The van der Waals surface area contributed by atoms with Gasteiger partial charge in [0, 0.05) is 24.0 Å². The van der Waals surface area contributed by atoms with Crippen LogP contribution in [0.15, 0.2) is 40.7 Å². The van der Waals surface area contributed by atoms with Crippen molar-refractivity contribution in [1.82, 2.24) is 10.6 Å². The van der Waals surface area contributed by atoms with Gasteiger partial charge in [0.15, 0.2) is 5.96 Å². The summed E-state index contributed by atoms with van der Waals surface area (Å²) in [5.41, 5.74) is 0.268. The third kappa shape index (κ3) is 4.03. The molecule has 0 atom stereocenters. The minimum atomic E-state index is -0.454. The summed E-state index contributed by atoms with van der Waals surface area (Å²) in [4.78, 5) is 5.21. The molecule has 1 aromatic heterocycles. The third-order valence-electron chi connectivity index (χ3n) is 2.69. The van der Waals surface area contributed by atoms with E-state index >= 15 is 0 Å². The molecule has 2 aromatic rings. The summed E-state index contributed by atoms with van der Waals surface area (Å²) in [5.74, 6) is -0.348. The lowest BCUT2D eigenvalue weighted by molar-refractivity contribution is 0.581. The first-order valence-electron chi connectivity index (χ1n) is 6.10.